The molecule has 0 aliphatic rings. The van der Waals surface area contributed by atoms with E-state index in [0.717, 1.165) is 11.1 Å². The van der Waals surface area contributed by atoms with E-state index in [1.165, 1.54) is 24.7 Å². The molecule has 0 radical (unpaired) electrons. The summed E-state index contributed by atoms with van der Waals surface area (Å²) in [5.41, 5.74) is 3.15. The smallest absolute Gasteiger partial charge is 0.379 e. The molecule has 0 atom stereocenters. The average molecular weight is 513 g/mol. The van der Waals surface area contributed by atoms with Crippen molar-refractivity contribution in [3.8, 4) is 0 Å². The van der Waals surface area contributed by atoms with Gasteiger partial charge in [0.25, 0.3) is 0 Å². The minimum absolute atomic E-state index is 0.0219. The predicted molar refractivity (Wildman–Crippen MR) is 145 cm³/mol. The number of esters is 2. The second kappa shape index (κ2) is 10.6. The predicted octanol–water partition coefficient (Wildman–Crippen LogP) is 8.01. The lowest BCUT2D eigenvalue weighted by molar-refractivity contribution is 0.0613. The molecule has 0 saturated heterocycles. The van der Waals surface area contributed by atoms with Crippen LogP contribution in [-0.4, -0.2) is 11.9 Å². The Kier molecular flexibility index (Phi) is 7.44. The number of benzene rings is 2. The van der Waals surface area contributed by atoms with Gasteiger partial charge in [0, 0.05) is 11.1 Å². The van der Waals surface area contributed by atoms with E-state index in [4.69, 9.17) is 18.3 Å². The Morgan fingerprint density at radius 1 is 0.553 bits per heavy atom. The van der Waals surface area contributed by atoms with Crippen LogP contribution in [0.25, 0.3) is 11.5 Å². The van der Waals surface area contributed by atoms with Gasteiger partial charge in [0.15, 0.2) is 11.5 Å². The Labute approximate surface area is 222 Å². The van der Waals surface area contributed by atoms with E-state index in [9.17, 15) is 9.59 Å². The average Bonchev–Trinajstić information content (AvgIpc) is 3.60. The van der Waals surface area contributed by atoms with Crippen LogP contribution in [0, 0.1) is 0 Å². The van der Waals surface area contributed by atoms with Crippen molar-refractivity contribution < 1.29 is 27.9 Å². The van der Waals surface area contributed by atoms with Gasteiger partial charge in [-0.1, -0.05) is 90.1 Å². The molecule has 196 valence electrons. The van der Waals surface area contributed by atoms with Crippen LogP contribution in [0.4, 0.5) is 0 Å². The van der Waals surface area contributed by atoms with Gasteiger partial charge in [0.1, 0.15) is 0 Å². The van der Waals surface area contributed by atoms with Crippen molar-refractivity contribution in [2.24, 2.45) is 0 Å². The zero-order valence-corrected chi connectivity index (χ0v) is 22.5. The second-order valence-corrected chi connectivity index (χ2v) is 11.0. The van der Waals surface area contributed by atoms with Crippen molar-refractivity contribution in [3.05, 3.63) is 119 Å². The van der Waals surface area contributed by atoms with Gasteiger partial charge in [0.05, 0.1) is 12.5 Å². The zero-order valence-electron chi connectivity index (χ0n) is 22.5. The molecule has 0 aliphatic carbocycles. The molecule has 0 unspecified atom stereocenters. The maximum Gasteiger partial charge on any atom is 0.379 e. The standard InChI is InChI=1S/C32H32O6/c1-31(2,3)23-15-11-21(12-16-23)27(37-29(33)25-9-7-19-35-25)28(38-30(34)26-10-8-20-36-26)22-13-17-24(18-14-22)32(4,5)6/h7-20H,1-6H3/b28-27+. The van der Waals surface area contributed by atoms with Crippen LogP contribution >= 0.6 is 0 Å². The van der Waals surface area contributed by atoms with Crippen molar-refractivity contribution in [3.63, 3.8) is 0 Å². The van der Waals surface area contributed by atoms with E-state index >= 15 is 0 Å². The Morgan fingerprint density at radius 2 is 0.895 bits per heavy atom. The number of hydrogen-bond donors (Lipinski definition) is 0. The maximum atomic E-state index is 13.0. The molecule has 6 heteroatoms. The molecule has 2 aromatic carbocycles. The molecule has 6 nitrogen and oxygen atoms in total. The Morgan fingerprint density at radius 3 is 1.16 bits per heavy atom. The third kappa shape index (κ3) is 6.14. The second-order valence-electron chi connectivity index (χ2n) is 11.0. The highest BCUT2D eigenvalue weighted by Crippen LogP contribution is 2.33. The van der Waals surface area contributed by atoms with Gasteiger partial charge in [-0.15, -0.1) is 0 Å². The molecule has 0 aliphatic heterocycles. The molecular formula is C32H32O6. The fourth-order valence-electron chi connectivity index (χ4n) is 3.79. The van der Waals surface area contributed by atoms with E-state index in [-0.39, 0.29) is 33.9 Å². The highest BCUT2D eigenvalue weighted by Gasteiger charge is 2.26. The molecule has 38 heavy (non-hydrogen) atoms. The summed E-state index contributed by atoms with van der Waals surface area (Å²) in [6.07, 6.45) is 2.78. The minimum atomic E-state index is -0.720. The number of ether oxygens (including phenoxy) is 2. The van der Waals surface area contributed by atoms with E-state index < -0.39 is 11.9 Å². The van der Waals surface area contributed by atoms with Crippen molar-refractivity contribution in [1.29, 1.82) is 0 Å². The van der Waals surface area contributed by atoms with Crippen LogP contribution in [0.1, 0.15) is 84.9 Å². The van der Waals surface area contributed by atoms with Gasteiger partial charge >= 0.3 is 11.9 Å². The summed E-state index contributed by atoms with van der Waals surface area (Å²) in [5, 5.41) is 0. The van der Waals surface area contributed by atoms with Gasteiger partial charge in [-0.05, 0) is 46.2 Å². The van der Waals surface area contributed by atoms with Crippen molar-refractivity contribution in [2.75, 3.05) is 0 Å². The summed E-state index contributed by atoms with van der Waals surface area (Å²) in [7, 11) is 0. The highest BCUT2D eigenvalue weighted by molar-refractivity contribution is 5.99. The summed E-state index contributed by atoms with van der Waals surface area (Å²) in [6, 6.07) is 21.4. The van der Waals surface area contributed by atoms with Crippen LogP contribution in [-0.2, 0) is 20.3 Å². The topological polar surface area (TPSA) is 78.9 Å². The first kappa shape index (κ1) is 26.7. The molecular weight excluding hydrogens is 480 g/mol. The third-order valence-electron chi connectivity index (χ3n) is 6.07. The summed E-state index contributed by atoms with van der Waals surface area (Å²) in [5.74, 6) is -1.24. The van der Waals surface area contributed by atoms with Gasteiger partial charge in [0.2, 0.25) is 11.5 Å². The van der Waals surface area contributed by atoms with E-state index in [1.807, 2.05) is 48.5 Å². The van der Waals surface area contributed by atoms with Crippen LogP contribution in [0.15, 0.2) is 94.2 Å². The lowest BCUT2D eigenvalue weighted by Crippen LogP contribution is -2.13. The van der Waals surface area contributed by atoms with Gasteiger partial charge < -0.3 is 18.3 Å². The molecule has 0 bridgehead atoms. The number of hydrogen-bond acceptors (Lipinski definition) is 6. The molecule has 0 N–H and O–H groups in total. The lowest BCUT2D eigenvalue weighted by Gasteiger charge is -2.21. The lowest BCUT2D eigenvalue weighted by atomic mass is 9.86. The molecule has 2 heterocycles. The van der Waals surface area contributed by atoms with Crippen LogP contribution < -0.4 is 0 Å². The fraction of sp³-hybridized carbons (Fsp3) is 0.250. The molecule has 4 aromatic rings. The molecule has 4 rings (SSSR count). The minimum Gasteiger partial charge on any atom is -0.457 e. The van der Waals surface area contributed by atoms with Crippen LogP contribution in [0.3, 0.4) is 0 Å². The van der Waals surface area contributed by atoms with Crippen molar-refractivity contribution >= 4 is 23.5 Å². The summed E-state index contributed by atoms with van der Waals surface area (Å²) < 4.78 is 22.3. The molecule has 2 aromatic heterocycles. The zero-order chi connectivity index (χ0) is 27.5. The quantitative estimate of drug-likeness (QED) is 0.148. The first-order chi connectivity index (χ1) is 17.9. The Hall–Kier alpha value is -4.32. The summed E-state index contributed by atoms with van der Waals surface area (Å²) in [4.78, 5) is 26.1. The monoisotopic (exact) mass is 512 g/mol. The van der Waals surface area contributed by atoms with Crippen LogP contribution in [0.5, 0.6) is 0 Å². The summed E-state index contributed by atoms with van der Waals surface area (Å²) in [6.45, 7) is 12.7. The number of furan rings is 2. The van der Waals surface area contributed by atoms with Crippen LogP contribution in [0.2, 0.25) is 0 Å². The molecule has 0 saturated carbocycles. The number of carbonyl (C=O) groups is 2. The number of rotatable bonds is 6. The first-order valence-corrected chi connectivity index (χ1v) is 12.4. The van der Waals surface area contributed by atoms with Gasteiger partial charge in [-0.2, -0.15) is 0 Å². The van der Waals surface area contributed by atoms with E-state index in [0.29, 0.717) is 11.1 Å². The Bertz CT molecular complexity index is 1300. The maximum absolute atomic E-state index is 13.0. The Balaban J connectivity index is 1.89. The highest BCUT2D eigenvalue weighted by atomic mass is 16.6. The van der Waals surface area contributed by atoms with Gasteiger partial charge in [-0.3, -0.25) is 0 Å². The first-order valence-electron chi connectivity index (χ1n) is 12.4. The normalized spacial score (nSPS) is 12.6. The SMILES string of the molecule is CC(C)(C)c1ccc(/C(OC(=O)c2ccco2)=C(\OC(=O)c2ccco2)c2ccc(C(C)(C)C)cc2)cc1. The largest absolute Gasteiger partial charge is 0.457 e. The van der Waals surface area contributed by atoms with E-state index in [2.05, 4.69) is 41.5 Å². The van der Waals surface area contributed by atoms with Gasteiger partial charge in [-0.25, -0.2) is 9.59 Å². The number of carbonyl (C=O) groups excluding carboxylic acids is 2. The van der Waals surface area contributed by atoms with E-state index in [1.54, 1.807) is 12.1 Å². The van der Waals surface area contributed by atoms with Crippen molar-refractivity contribution in [1.82, 2.24) is 0 Å². The molecule has 0 amide bonds. The molecule has 0 spiro atoms. The summed E-state index contributed by atoms with van der Waals surface area (Å²) >= 11 is 0. The fourth-order valence-corrected chi connectivity index (χ4v) is 3.79. The third-order valence-corrected chi connectivity index (χ3v) is 6.07. The van der Waals surface area contributed by atoms with Crippen molar-refractivity contribution in [2.45, 2.75) is 52.4 Å². The molecule has 0 fully saturated rings.